The van der Waals surface area contributed by atoms with Crippen LogP contribution in [-0.2, 0) is 10.0 Å². The summed E-state index contributed by atoms with van der Waals surface area (Å²) in [5.74, 6) is -0.142. The highest BCUT2D eigenvalue weighted by molar-refractivity contribution is 7.92. The minimum atomic E-state index is -3.88. The van der Waals surface area contributed by atoms with E-state index in [9.17, 15) is 18.3 Å². The molecule has 1 aromatic carbocycles. The first kappa shape index (κ1) is 21.1. The largest absolute Gasteiger partial charge is 0.478 e. The molecule has 0 radical (unpaired) electrons. The van der Waals surface area contributed by atoms with Crippen molar-refractivity contribution >= 4 is 27.5 Å². The number of carboxylic acid groups (broad SMARTS) is 1. The van der Waals surface area contributed by atoms with Crippen LogP contribution in [0.25, 0.3) is 0 Å². The van der Waals surface area contributed by atoms with E-state index in [2.05, 4.69) is 16.6 Å². The van der Waals surface area contributed by atoms with Gasteiger partial charge in [0.15, 0.2) is 0 Å². The molecule has 1 aliphatic rings. The normalized spacial score (nSPS) is 15.4. The lowest BCUT2D eigenvalue weighted by molar-refractivity contribution is 0.0697. The number of aryl methyl sites for hydroxylation is 3. The Morgan fingerprint density at radius 1 is 1.14 bits per heavy atom. The summed E-state index contributed by atoms with van der Waals surface area (Å²) in [6.45, 7) is 9.05. The SMILES string of the molecule is Cc1cc(C)c(S(=O)(=O)Nc2cnc(N3CCC(C)CC3)c(C(=O)O)c2)c(C)c1. The van der Waals surface area contributed by atoms with E-state index >= 15 is 0 Å². The molecule has 8 heteroatoms. The van der Waals surface area contributed by atoms with E-state index in [1.165, 1.54) is 12.3 Å². The number of hydrogen-bond donors (Lipinski definition) is 2. The van der Waals surface area contributed by atoms with Crippen molar-refractivity contribution in [2.24, 2.45) is 5.92 Å². The van der Waals surface area contributed by atoms with Gasteiger partial charge in [-0.15, -0.1) is 0 Å². The first-order valence-corrected chi connectivity index (χ1v) is 11.2. The number of aromatic carboxylic acids is 1. The monoisotopic (exact) mass is 417 g/mol. The molecule has 0 unspecified atom stereocenters. The fourth-order valence-electron chi connectivity index (χ4n) is 3.94. The van der Waals surface area contributed by atoms with Gasteiger partial charge in [0, 0.05) is 13.1 Å². The zero-order valence-electron chi connectivity index (χ0n) is 17.2. The van der Waals surface area contributed by atoms with E-state index in [-0.39, 0.29) is 16.1 Å². The molecule has 29 heavy (non-hydrogen) atoms. The van der Waals surface area contributed by atoms with E-state index in [4.69, 9.17) is 0 Å². The quantitative estimate of drug-likeness (QED) is 0.769. The number of carbonyl (C=O) groups is 1. The highest BCUT2D eigenvalue weighted by Crippen LogP contribution is 2.28. The molecule has 0 atom stereocenters. The standard InChI is InChI=1S/C21H27N3O4S/c1-13-5-7-24(8-6-13)20-18(21(25)26)11-17(12-22-20)23-29(27,28)19-15(3)9-14(2)10-16(19)4/h9-13,23H,5-8H2,1-4H3,(H,25,26). The lowest BCUT2D eigenvalue weighted by Crippen LogP contribution is -2.34. The Morgan fingerprint density at radius 2 is 1.72 bits per heavy atom. The molecule has 7 nitrogen and oxygen atoms in total. The molecule has 0 amide bonds. The Hall–Kier alpha value is -2.61. The van der Waals surface area contributed by atoms with Gasteiger partial charge in [0.1, 0.15) is 11.4 Å². The number of hydrogen-bond acceptors (Lipinski definition) is 5. The number of aromatic nitrogens is 1. The smallest absolute Gasteiger partial charge is 0.339 e. The highest BCUT2D eigenvalue weighted by Gasteiger charge is 2.25. The van der Waals surface area contributed by atoms with Crippen LogP contribution < -0.4 is 9.62 Å². The van der Waals surface area contributed by atoms with Gasteiger partial charge in [-0.1, -0.05) is 24.6 Å². The summed E-state index contributed by atoms with van der Waals surface area (Å²) in [4.78, 5) is 18.3. The molecule has 1 aliphatic heterocycles. The van der Waals surface area contributed by atoms with Crippen molar-refractivity contribution in [1.29, 1.82) is 0 Å². The summed E-state index contributed by atoms with van der Waals surface area (Å²) in [6.07, 6.45) is 3.33. The second-order valence-corrected chi connectivity index (χ2v) is 9.52. The Balaban J connectivity index is 1.94. The lowest BCUT2D eigenvalue weighted by Gasteiger charge is -2.32. The molecule has 1 fully saturated rings. The minimum Gasteiger partial charge on any atom is -0.478 e. The van der Waals surface area contributed by atoms with E-state index < -0.39 is 16.0 Å². The maximum absolute atomic E-state index is 13.0. The third-order valence-corrected chi connectivity index (χ3v) is 6.99. The molecule has 3 rings (SSSR count). The van der Waals surface area contributed by atoms with Crippen molar-refractivity contribution in [3.05, 3.63) is 46.6 Å². The van der Waals surface area contributed by atoms with Crippen LogP contribution in [-0.4, -0.2) is 37.6 Å². The first-order chi connectivity index (χ1) is 13.6. The topological polar surface area (TPSA) is 99.6 Å². The summed E-state index contributed by atoms with van der Waals surface area (Å²) in [5, 5.41) is 9.66. The van der Waals surface area contributed by atoms with Crippen LogP contribution in [0.5, 0.6) is 0 Å². The Kier molecular flexibility index (Phi) is 5.84. The van der Waals surface area contributed by atoms with E-state index in [0.717, 1.165) is 31.5 Å². The Morgan fingerprint density at radius 3 is 2.28 bits per heavy atom. The van der Waals surface area contributed by atoms with Crippen molar-refractivity contribution in [3.63, 3.8) is 0 Å². The second kappa shape index (κ2) is 8.02. The van der Waals surface area contributed by atoms with Crippen LogP contribution in [0, 0.1) is 26.7 Å². The number of piperidine rings is 1. The van der Waals surface area contributed by atoms with Crippen molar-refractivity contribution in [1.82, 2.24) is 4.98 Å². The number of benzene rings is 1. The second-order valence-electron chi connectivity index (χ2n) is 7.90. The molecule has 2 N–H and O–H groups in total. The van der Waals surface area contributed by atoms with Gasteiger partial charge in [0.2, 0.25) is 0 Å². The van der Waals surface area contributed by atoms with Gasteiger partial charge in [0.05, 0.1) is 16.8 Å². The van der Waals surface area contributed by atoms with Crippen molar-refractivity contribution in [3.8, 4) is 0 Å². The number of anilines is 2. The molecule has 2 heterocycles. The summed E-state index contributed by atoms with van der Waals surface area (Å²) in [5.41, 5.74) is 2.39. The average molecular weight is 418 g/mol. The van der Waals surface area contributed by atoms with E-state index in [1.54, 1.807) is 13.8 Å². The third-order valence-electron chi connectivity index (χ3n) is 5.31. The van der Waals surface area contributed by atoms with E-state index in [0.29, 0.717) is 22.9 Å². The van der Waals surface area contributed by atoms with Gasteiger partial charge in [-0.25, -0.2) is 18.2 Å². The van der Waals surface area contributed by atoms with Gasteiger partial charge in [-0.3, -0.25) is 4.72 Å². The number of nitrogens with one attached hydrogen (secondary N) is 1. The Bertz CT molecular complexity index is 1020. The van der Waals surface area contributed by atoms with E-state index in [1.807, 2.05) is 24.0 Å². The van der Waals surface area contributed by atoms with Crippen molar-refractivity contribution < 1.29 is 18.3 Å². The summed E-state index contributed by atoms with van der Waals surface area (Å²) in [6, 6.07) is 4.96. The summed E-state index contributed by atoms with van der Waals surface area (Å²) >= 11 is 0. The van der Waals surface area contributed by atoms with Gasteiger partial charge < -0.3 is 10.0 Å². The first-order valence-electron chi connectivity index (χ1n) is 9.67. The molecule has 156 valence electrons. The molecule has 0 aliphatic carbocycles. The molecule has 0 bridgehead atoms. The third kappa shape index (κ3) is 4.53. The Labute approximate surface area is 171 Å². The minimum absolute atomic E-state index is 0.00268. The number of nitrogens with zero attached hydrogens (tertiary/aromatic N) is 2. The molecule has 0 spiro atoms. The zero-order chi connectivity index (χ0) is 21.3. The van der Waals surface area contributed by atoms with Gasteiger partial charge in [-0.05, 0) is 56.7 Å². The molecular formula is C21H27N3O4S. The van der Waals surface area contributed by atoms with Crippen LogP contribution >= 0.6 is 0 Å². The fraction of sp³-hybridized carbons (Fsp3) is 0.429. The number of sulfonamides is 1. The van der Waals surface area contributed by atoms with Crippen LogP contribution in [0.2, 0.25) is 0 Å². The van der Waals surface area contributed by atoms with Crippen LogP contribution in [0.4, 0.5) is 11.5 Å². The number of rotatable bonds is 5. The van der Waals surface area contributed by atoms with Gasteiger partial charge in [-0.2, -0.15) is 0 Å². The predicted octanol–water partition coefficient (Wildman–Crippen LogP) is 3.74. The average Bonchev–Trinajstić information content (AvgIpc) is 2.61. The van der Waals surface area contributed by atoms with Gasteiger partial charge in [0.25, 0.3) is 10.0 Å². The number of pyridine rings is 1. The molecule has 2 aromatic rings. The molecule has 1 aromatic heterocycles. The summed E-state index contributed by atoms with van der Waals surface area (Å²) in [7, 11) is -3.88. The van der Waals surface area contributed by atoms with Crippen LogP contribution in [0.3, 0.4) is 0 Å². The lowest BCUT2D eigenvalue weighted by atomic mass is 9.99. The molecular weight excluding hydrogens is 390 g/mol. The van der Waals surface area contributed by atoms with Crippen LogP contribution in [0.1, 0.15) is 46.8 Å². The van der Waals surface area contributed by atoms with Crippen LogP contribution in [0.15, 0.2) is 29.3 Å². The number of carboxylic acids is 1. The molecule has 0 saturated carbocycles. The van der Waals surface area contributed by atoms with Crippen molar-refractivity contribution in [2.75, 3.05) is 22.7 Å². The summed E-state index contributed by atoms with van der Waals surface area (Å²) < 4.78 is 28.4. The highest BCUT2D eigenvalue weighted by atomic mass is 32.2. The molecule has 1 saturated heterocycles. The zero-order valence-corrected chi connectivity index (χ0v) is 18.0. The van der Waals surface area contributed by atoms with Crippen molar-refractivity contribution in [2.45, 2.75) is 45.4 Å². The van der Waals surface area contributed by atoms with Gasteiger partial charge >= 0.3 is 5.97 Å². The fourth-order valence-corrected chi connectivity index (χ4v) is 5.43. The maximum atomic E-state index is 13.0. The maximum Gasteiger partial charge on any atom is 0.339 e. The predicted molar refractivity (Wildman–Crippen MR) is 113 cm³/mol.